The van der Waals surface area contributed by atoms with Crippen LogP contribution in [-0.4, -0.2) is 38.1 Å². The van der Waals surface area contributed by atoms with E-state index in [1.807, 2.05) is 11.8 Å². The minimum Gasteiger partial charge on any atom is -0.368 e. The van der Waals surface area contributed by atoms with Gasteiger partial charge in [0.25, 0.3) is 5.78 Å². The van der Waals surface area contributed by atoms with Crippen molar-refractivity contribution in [1.82, 2.24) is 19.6 Å². The Labute approximate surface area is 127 Å². The Kier molecular flexibility index (Phi) is 3.67. The molecule has 21 heavy (non-hydrogen) atoms. The first-order valence-electron chi connectivity index (χ1n) is 6.98. The van der Waals surface area contributed by atoms with Gasteiger partial charge in [0.1, 0.15) is 17.3 Å². The standard InChI is InChI=1S/C13H17ClN6O/c1-8-11(14)18-13-16-7-17-20(13)12(8)19(6-10(15)21)9-4-2-3-5-9/h7,9H,2-6H2,1H3,(H2,15,21). The molecule has 0 unspecified atom stereocenters. The van der Waals surface area contributed by atoms with Crippen LogP contribution in [0.2, 0.25) is 5.15 Å². The van der Waals surface area contributed by atoms with Crippen molar-refractivity contribution in [3.8, 4) is 0 Å². The zero-order chi connectivity index (χ0) is 15.0. The van der Waals surface area contributed by atoms with Crippen LogP contribution in [0.15, 0.2) is 6.33 Å². The summed E-state index contributed by atoms with van der Waals surface area (Å²) in [6, 6.07) is 0.266. The summed E-state index contributed by atoms with van der Waals surface area (Å²) >= 11 is 6.20. The number of nitrogens with zero attached hydrogens (tertiary/aromatic N) is 5. The van der Waals surface area contributed by atoms with E-state index in [9.17, 15) is 4.79 Å². The van der Waals surface area contributed by atoms with Crippen molar-refractivity contribution in [2.75, 3.05) is 11.4 Å². The van der Waals surface area contributed by atoms with E-state index in [4.69, 9.17) is 17.3 Å². The Hall–Kier alpha value is -1.89. The number of nitrogens with two attached hydrogens (primary N) is 1. The van der Waals surface area contributed by atoms with Crippen molar-refractivity contribution >= 4 is 29.1 Å². The molecule has 1 saturated carbocycles. The monoisotopic (exact) mass is 308 g/mol. The summed E-state index contributed by atoms with van der Waals surface area (Å²) in [5.41, 5.74) is 6.21. The zero-order valence-electron chi connectivity index (χ0n) is 11.8. The molecular formula is C13H17ClN6O. The molecule has 0 atom stereocenters. The van der Waals surface area contributed by atoms with Crippen LogP contribution in [0.1, 0.15) is 31.2 Å². The van der Waals surface area contributed by atoms with Crippen molar-refractivity contribution in [2.24, 2.45) is 5.73 Å². The van der Waals surface area contributed by atoms with E-state index in [0.717, 1.165) is 37.1 Å². The van der Waals surface area contributed by atoms with Crippen LogP contribution in [0, 0.1) is 6.92 Å². The third kappa shape index (κ3) is 2.53. The summed E-state index contributed by atoms with van der Waals surface area (Å²) in [5.74, 6) is 0.809. The van der Waals surface area contributed by atoms with Gasteiger partial charge in [0.2, 0.25) is 5.91 Å². The van der Waals surface area contributed by atoms with Crippen molar-refractivity contribution in [3.05, 3.63) is 17.0 Å². The van der Waals surface area contributed by atoms with Gasteiger partial charge in [0.05, 0.1) is 6.54 Å². The highest BCUT2D eigenvalue weighted by Crippen LogP contribution is 2.32. The van der Waals surface area contributed by atoms with Gasteiger partial charge >= 0.3 is 0 Å². The number of halogens is 1. The van der Waals surface area contributed by atoms with E-state index in [-0.39, 0.29) is 18.5 Å². The first-order valence-corrected chi connectivity index (χ1v) is 7.36. The van der Waals surface area contributed by atoms with Crippen LogP contribution < -0.4 is 10.6 Å². The molecule has 2 aromatic rings. The number of aromatic nitrogens is 4. The van der Waals surface area contributed by atoms with E-state index >= 15 is 0 Å². The van der Waals surface area contributed by atoms with Gasteiger partial charge in [-0.15, -0.1) is 0 Å². The number of rotatable bonds is 4. The molecule has 3 rings (SSSR count). The Bertz CT molecular complexity index is 679. The van der Waals surface area contributed by atoms with Crippen LogP contribution in [0.4, 0.5) is 5.82 Å². The predicted octanol–water partition coefficient (Wildman–Crippen LogP) is 1.32. The van der Waals surface area contributed by atoms with Crippen LogP contribution in [0.3, 0.4) is 0 Å². The van der Waals surface area contributed by atoms with Crippen molar-refractivity contribution in [3.63, 3.8) is 0 Å². The molecule has 2 aromatic heterocycles. The predicted molar refractivity (Wildman–Crippen MR) is 79.3 cm³/mol. The average Bonchev–Trinajstić information content (AvgIpc) is 3.08. The molecule has 1 amide bonds. The lowest BCUT2D eigenvalue weighted by molar-refractivity contribution is -0.116. The second-order valence-corrected chi connectivity index (χ2v) is 5.71. The smallest absolute Gasteiger partial charge is 0.255 e. The van der Waals surface area contributed by atoms with Gasteiger partial charge in [0, 0.05) is 11.6 Å². The third-order valence-electron chi connectivity index (χ3n) is 3.94. The molecule has 0 saturated heterocycles. The third-order valence-corrected chi connectivity index (χ3v) is 4.31. The summed E-state index contributed by atoms with van der Waals surface area (Å²) in [5, 5.41) is 4.58. The Balaban J connectivity index is 2.15. The molecule has 0 aliphatic heterocycles. The number of hydrogen-bond acceptors (Lipinski definition) is 5. The van der Waals surface area contributed by atoms with Crippen molar-refractivity contribution in [2.45, 2.75) is 38.6 Å². The molecule has 1 aliphatic carbocycles. The maximum Gasteiger partial charge on any atom is 0.255 e. The van der Waals surface area contributed by atoms with Gasteiger partial charge in [0.15, 0.2) is 0 Å². The maximum absolute atomic E-state index is 11.5. The second kappa shape index (κ2) is 5.48. The van der Waals surface area contributed by atoms with E-state index in [0.29, 0.717) is 10.9 Å². The molecule has 112 valence electrons. The fourth-order valence-electron chi connectivity index (χ4n) is 2.98. The van der Waals surface area contributed by atoms with Crippen LogP contribution in [0.5, 0.6) is 0 Å². The lowest BCUT2D eigenvalue weighted by atomic mass is 10.2. The van der Waals surface area contributed by atoms with Crippen LogP contribution >= 0.6 is 11.6 Å². The highest BCUT2D eigenvalue weighted by Gasteiger charge is 2.28. The molecule has 7 nitrogen and oxygen atoms in total. The van der Waals surface area contributed by atoms with E-state index in [1.54, 1.807) is 4.52 Å². The van der Waals surface area contributed by atoms with E-state index in [1.165, 1.54) is 6.33 Å². The van der Waals surface area contributed by atoms with E-state index in [2.05, 4.69) is 15.1 Å². The van der Waals surface area contributed by atoms with Gasteiger partial charge in [-0.25, -0.2) is 0 Å². The van der Waals surface area contributed by atoms with Gasteiger partial charge in [-0.05, 0) is 19.8 Å². The lowest BCUT2D eigenvalue weighted by Gasteiger charge is -2.31. The van der Waals surface area contributed by atoms with E-state index < -0.39 is 0 Å². The lowest BCUT2D eigenvalue weighted by Crippen LogP contribution is -2.41. The highest BCUT2D eigenvalue weighted by atomic mass is 35.5. The number of carbonyl (C=O) groups is 1. The molecule has 1 fully saturated rings. The van der Waals surface area contributed by atoms with Gasteiger partial charge in [-0.2, -0.15) is 19.6 Å². The Morgan fingerprint density at radius 1 is 1.52 bits per heavy atom. The fourth-order valence-corrected chi connectivity index (χ4v) is 3.14. The second-order valence-electron chi connectivity index (χ2n) is 5.36. The normalized spacial score (nSPS) is 15.7. The minimum absolute atomic E-state index is 0.140. The van der Waals surface area contributed by atoms with Gasteiger partial charge < -0.3 is 10.6 Å². The topological polar surface area (TPSA) is 89.4 Å². The summed E-state index contributed by atoms with van der Waals surface area (Å²) < 4.78 is 1.63. The number of primary amides is 1. The first-order chi connectivity index (χ1) is 10.1. The molecule has 0 aromatic carbocycles. The van der Waals surface area contributed by atoms with Crippen molar-refractivity contribution < 1.29 is 4.79 Å². The summed E-state index contributed by atoms with van der Waals surface area (Å²) in [6.45, 7) is 2.01. The summed E-state index contributed by atoms with van der Waals surface area (Å²) in [4.78, 5) is 21.8. The minimum atomic E-state index is -0.373. The fraction of sp³-hybridized carbons (Fsp3) is 0.538. The van der Waals surface area contributed by atoms with Crippen LogP contribution in [0.25, 0.3) is 5.78 Å². The first kappa shape index (κ1) is 14.1. The number of anilines is 1. The molecule has 0 spiro atoms. The van der Waals surface area contributed by atoms with Gasteiger partial charge in [-0.3, -0.25) is 4.79 Å². The number of hydrogen-bond donors (Lipinski definition) is 1. The molecular weight excluding hydrogens is 292 g/mol. The quantitative estimate of drug-likeness (QED) is 0.860. The molecule has 2 heterocycles. The number of carbonyl (C=O) groups excluding carboxylic acids is 1. The summed E-state index contributed by atoms with van der Waals surface area (Å²) in [7, 11) is 0. The highest BCUT2D eigenvalue weighted by molar-refractivity contribution is 6.30. The van der Waals surface area contributed by atoms with Gasteiger partial charge in [-0.1, -0.05) is 24.4 Å². The maximum atomic E-state index is 11.5. The molecule has 0 radical (unpaired) electrons. The largest absolute Gasteiger partial charge is 0.368 e. The number of fused-ring (bicyclic) bond motifs is 1. The van der Waals surface area contributed by atoms with Crippen molar-refractivity contribution in [1.29, 1.82) is 0 Å². The number of amides is 1. The SMILES string of the molecule is Cc1c(Cl)nc2ncnn2c1N(CC(N)=O)C1CCCC1. The summed E-state index contributed by atoms with van der Waals surface area (Å²) in [6.07, 6.45) is 5.79. The molecule has 8 heteroatoms. The molecule has 2 N–H and O–H groups in total. The average molecular weight is 309 g/mol. The zero-order valence-corrected chi connectivity index (χ0v) is 12.5. The molecule has 0 bridgehead atoms. The molecule has 1 aliphatic rings. The van der Waals surface area contributed by atoms with Crippen LogP contribution in [-0.2, 0) is 4.79 Å². The Morgan fingerprint density at radius 3 is 2.90 bits per heavy atom. The Morgan fingerprint density at radius 2 is 2.24 bits per heavy atom.